The number of halogens is 1. The minimum absolute atomic E-state index is 0.157. The molecule has 1 aromatic carbocycles. The number of piperidine rings is 1. The molecule has 0 spiro atoms. The van der Waals surface area contributed by atoms with Crippen molar-refractivity contribution in [2.45, 2.75) is 52.0 Å². The van der Waals surface area contributed by atoms with Gasteiger partial charge in [0.2, 0.25) is 0 Å². The molecule has 0 amide bonds. The fourth-order valence-corrected chi connectivity index (χ4v) is 3.85. The van der Waals surface area contributed by atoms with Gasteiger partial charge in [-0.3, -0.25) is 9.78 Å². The molecule has 1 unspecified atom stereocenters. The predicted molar refractivity (Wildman–Crippen MR) is 97.4 cm³/mol. The zero-order valence-corrected chi connectivity index (χ0v) is 15.1. The highest BCUT2D eigenvalue weighted by molar-refractivity contribution is 5.95. The van der Waals surface area contributed by atoms with Gasteiger partial charge in [-0.2, -0.15) is 0 Å². The maximum atomic E-state index is 14.0. The highest BCUT2D eigenvalue weighted by atomic mass is 19.1. The van der Waals surface area contributed by atoms with Crippen molar-refractivity contribution in [1.82, 2.24) is 4.98 Å². The summed E-state index contributed by atoms with van der Waals surface area (Å²) in [5.41, 5.74) is 3.38. The monoisotopic (exact) mass is 344 g/mol. The first-order valence-electron chi connectivity index (χ1n) is 8.97. The van der Waals surface area contributed by atoms with Gasteiger partial charge in [-0.05, 0) is 50.8 Å². The number of carbonyl (C=O) groups excluding carboxylic acids is 1. The van der Waals surface area contributed by atoms with Crippen LogP contribution in [0.25, 0.3) is 10.9 Å². The Morgan fingerprint density at radius 1 is 1.40 bits per heavy atom. The second kappa shape index (κ2) is 7.38. The van der Waals surface area contributed by atoms with Gasteiger partial charge in [0.25, 0.3) is 0 Å². The van der Waals surface area contributed by atoms with Gasteiger partial charge in [0, 0.05) is 29.2 Å². The molecule has 0 saturated carbocycles. The van der Waals surface area contributed by atoms with Crippen LogP contribution in [0.15, 0.2) is 18.2 Å². The van der Waals surface area contributed by atoms with E-state index in [1.165, 1.54) is 19.6 Å². The Morgan fingerprint density at radius 2 is 2.20 bits per heavy atom. The summed E-state index contributed by atoms with van der Waals surface area (Å²) in [6, 6.07) is 5.09. The van der Waals surface area contributed by atoms with Crippen molar-refractivity contribution in [3.8, 4) is 0 Å². The number of hydrogen-bond donors (Lipinski definition) is 0. The van der Waals surface area contributed by atoms with E-state index >= 15 is 0 Å². The SMILES string of the molecule is CCC1CCCCN1c1c(CC(=O)OC)c(C)nc2ccc(F)cc12. The van der Waals surface area contributed by atoms with Crippen LogP contribution in [0, 0.1) is 12.7 Å². The molecule has 1 saturated heterocycles. The smallest absolute Gasteiger partial charge is 0.310 e. The number of rotatable bonds is 4. The predicted octanol–water partition coefficient (Wildman–Crippen LogP) is 4.17. The molecule has 4 nitrogen and oxygen atoms in total. The Kier molecular flexibility index (Phi) is 5.21. The van der Waals surface area contributed by atoms with Gasteiger partial charge in [-0.15, -0.1) is 0 Å². The number of aromatic nitrogens is 1. The number of carbonyl (C=O) groups is 1. The number of nitrogens with zero attached hydrogens (tertiary/aromatic N) is 2. The lowest BCUT2D eigenvalue weighted by molar-refractivity contribution is -0.139. The molecule has 0 N–H and O–H groups in total. The number of anilines is 1. The van der Waals surface area contributed by atoms with E-state index < -0.39 is 0 Å². The average molecular weight is 344 g/mol. The molecule has 0 bridgehead atoms. The van der Waals surface area contributed by atoms with Crippen molar-refractivity contribution < 1.29 is 13.9 Å². The number of methoxy groups -OCH3 is 1. The van der Waals surface area contributed by atoms with Crippen LogP contribution < -0.4 is 4.90 Å². The van der Waals surface area contributed by atoms with Crippen molar-refractivity contribution in [1.29, 1.82) is 0 Å². The molecule has 5 heteroatoms. The Bertz CT molecular complexity index is 791. The van der Waals surface area contributed by atoms with Crippen LogP contribution in [0.3, 0.4) is 0 Å². The summed E-state index contributed by atoms with van der Waals surface area (Å²) >= 11 is 0. The Balaban J connectivity index is 2.24. The molecule has 0 radical (unpaired) electrons. The van der Waals surface area contributed by atoms with Crippen molar-refractivity contribution in [2.24, 2.45) is 0 Å². The minimum Gasteiger partial charge on any atom is -0.469 e. The third kappa shape index (κ3) is 3.46. The summed E-state index contributed by atoms with van der Waals surface area (Å²) in [5, 5.41) is 0.782. The van der Waals surface area contributed by atoms with E-state index in [0.717, 1.165) is 53.7 Å². The van der Waals surface area contributed by atoms with Crippen LogP contribution in [0.1, 0.15) is 43.9 Å². The maximum Gasteiger partial charge on any atom is 0.310 e. The lowest BCUT2D eigenvalue weighted by Crippen LogP contribution is -2.40. The van der Waals surface area contributed by atoms with Gasteiger partial charge in [0.1, 0.15) is 5.82 Å². The van der Waals surface area contributed by atoms with Gasteiger partial charge >= 0.3 is 5.97 Å². The molecule has 25 heavy (non-hydrogen) atoms. The summed E-state index contributed by atoms with van der Waals surface area (Å²) < 4.78 is 18.9. The zero-order valence-electron chi connectivity index (χ0n) is 15.1. The Morgan fingerprint density at radius 3 is 2.92 bits per heavy atom. The summed E-state index contributed by atoms with van der Waals surface area (Å²) in [6.45, 7) is 5.01. The van der Waals surface area contributed by atoms with E-state index in [2.05, 4.69) is 16.8 Å². The molecule has 1 aromatic heterocycles. The van der Waals surface area contributed by atoms with E-state index in [9.17, 15) is 9.18 Å². The number of ether oxygens (including phenoxy) is 1. The first-order valence-corrected chi connectivity index (χ1v) is 8.97. The highest BCUT2D eigenvalue weighted by Crippen LogP contribution is 2.37. The van der Waals surface area contributed by atoms with Crippen molar-refractivity contribution in [2.75, 3.05) is 18.6 Å². The summed E-state index contributed by atoms with van der Waals surface area (Å²) in [6.07, 6.45) is 4.61. The number of fused-ring (bicyclic) bond motifs is 1. The quantitative estimate of drug-likeness (QED) is 0.781. The largest absolute Gasteiger partial charge is 0.469 e. The Hall–Kier alpha value is -2.17. The fraction of sp³-hybridized carbons (Fsp3) is 0.500. The molecule has 1 aliphatic rings. The van der Waals surface area contributed by atoms with Gasteiger partial charge in [0.15, 0.2) is 0 Å². The molecular weight excluding hydrogens is 319 g/mol. The second-order valence-corrected chi connectivity index (χ2v) is 6.69. The number of pyridine rings is 1. The van der Waals surface area contributed by atoms with Gasteiger partial charge in [0.05, 0.1) is 24.7 Å². The van der Waals surface area contributed by atoms with Crippen molar-refractivity contribution in [3.63, 3.8) is 0 Å². The maximum absolute atomic E-state index is 14.0. The summed E-state index contributed by atoms with van der Waals surface area (Å²) in [5.74, 6) is -0.583. The average Bonchev–Trinajstić information content (AvgIpc) is 2.62. The van der Waals surface area contributed by atoms with E-state index in [-0.39, 0.29) is 18.2 Å². The third-order valence-corrected chi connectivity index (χ3v) is 5.16. The first-order chi connectivity index (χ1) is 12.0. The second-order valence-electron chi connectivity index (χ2n) is 6.69. The fourth-order valence-electron chi connectivity index (χ4n) is 3.85. The number of esters is 1. The standard InChI is InChI=1S/C20H25FN2O2/c1-4-15-7-5-6-10-23(15)20-16(12-19(24)25-3)13(2)22-18-9-8-14(21)11-17(18)20/h8-9,11,15H,4-7,10,12H2,1-3H3. The normalized spacial score (nSPS) is 17.8. The van der Waals surface area contributed by atoms with Gasteiger partial charge in [-0.25, -0.2) is 4.39 Å². The summed E-state index contributed by atoms with van der Waals surface area (Å²) in [7, 11) is 1.39. The molecule has 134 valence electrons. The molecule has 2 heterocycles. The topological polar surface area (TPSA) is 42.4 Å². The third-order valence-electron chi connectivity index (χ3n) is 5.16. The zero-order chi connectivity index (χ0) is 18.0. The first kappa shape index (κ1) is 17.6. The van der Waals surface area contributed by atoms with Crippen LogP contribution >= 0.6 is 0 Å². The highest BCUT2D eigenvalue weighted by Gasteiger charge is 2.27. The number of aryl methyl sites for hydroxylation is 1. The molecule has 3 rings (SSSR count). The van der Waals surface area contributed by atoms with Crippen molar-refractivity contribution >= 4 is 22.6 Å². The molecule has 1 fully saturated rings. The Labute approximate surface area is 148 Å². The summed E-state index contributed by atoms with van der Waals surface area (Å²) in [4.78, 5) is 18.9. The molecule has 2 aromatic rings. The van der Waals surface area contributed by atoms with Crippen LogP contribution in [-0.4, -0.2) is 30.6 Å². The molecule has 1 aliphatic heterocycles. The molecule has 0 aliphatic carbocycles. The van der Waals surface area contributed by atoms with Gasteiger partial charge in [-0.1, -0.05) is 6.92 Å². The minimum atomic E-state index is -0.299. The van der Waals surface area contributed by atoms with Crippen LogP contribution in [0.5, 0.6) is 0 Å². The molecule has 1 atom stereocenters. The van der Waals surface area contributed by atoms with Crippen LogP contribution in [0.2, 0.25) is 0 Å². The number of benzene rings is 1. The van der Waals surface area contributed by atoms with Crippen molar-refractivity contribution in [3.05, 3.63) is 35.3 Å². The molecular formula is C20H25FN2O2. The number of hydrogen-bond acceptors (Lipinski definition) is 4. The van der Waals surface area contributed by atoms with Crippen LogP contribution in [-0.2, 0) is 16.0 Å². The van der Waals surface area contributed by atoms with E-state index in [1.54, 1.807) is 12.1 Å². The van der Waals surface area contributed by atoms with E-state index in [1.807, 2.05) is 6.92 Å². The van der Waals surface area contributed by atoms with E-state index in [0.29, 0.717) is 6.04 Å². The van der Waals surface area contributed by atoms with Gasteiger partial charge < -0.3 is 9.64 Å². The van der Waals surface area contributed by atoms with E-state index in [4.69, 9.17) is 4.74 Å². The lowest BCUT2D eigenvalue weighted by Gasteiger charge is -2.39. The van der Waals surface area contributed by atoms with Crippen LogP contribution in [0.4, 0.5) is 10.1 Å². The lowest BCUT2D eigenvalue weighted by atomic mass is 9.95.